The Kier molecular flexibility index (Phi) is 4.37. The molecule has 1 aromatic heterocycles. The van der Waals surface area contributed by atoms with Crippen LogP contribution in [0.5, 0.6) is 0 Å². The molecule has 3 N–H and O–H groups in total. The van der Waals surface area contributed by atoms with Gasteiger partial charge in [0.1, 0.15) is 5.82 Å². The molecule has 0 bridgehead atoms. The van der Waals surface area contributed by atoms with Gasteiger partial charge in [0, 0.05) is 24.3 Å². The number of methoxy groups -OCH3 is 1. The van der Waals surface area contributed by atoms with Crippen LogP contribution in [0.15, 0.2) is 12.3 Å². The van der Waals surface area contributed by atoms with Gasteiger partial charge in [-0.1, -0.05) is 13.8 Å². The average molecular weight is 293 g/mol. The number of nitrogens with two attached hydrogens (primary N) is 1. The smallest absolute Gasteiger partial charge is 0.340 e. The number of hydrogen-bond acceptors (Lipinski definition) is 6. The van der Waals surface area contributed by atoms with Gasteiger partial charge in [0.05, 0.1) is 24.5 Å². The predicted octanol–water partition coefficient (Wildman–Crippen LogP) is 2.07. The number of carbonyl (C=O) groups is 1. The molecule has 2 rings (SSSR count). The molecule has 2 unspecified atom stereocenters. The Bertz CT molecular complexity index is 531. The zero-order chi connectivity index (χ0) is 15.6. The Morgan fingerprint density at radius 2 is 2.29 bits per heavy atom. The summed E-state index contributed by atoms with van der Waals surface area (Å²) < 4.78 is 10.4. The Morgan fingerprint density at radius 3 is 2.86 bits per heavy atom. The minimum Gasteiger partial charge on any atom is -0.465 e. The van der Waals surface area contributed by atoms with Crippen molar-refractivity contribution in [3.63, 3.8) is 0 Å². The summed E-state index contributed by atoms with van der Waals surface area (Å²) in [4.78, 5) is 15.9. The normalized spacial score (nSPS) is 23.2. The summed E-state index contributed by atoms with van der Waals surface area (Å²) in [6, 6.07) is 1.76. The second kappa shape index (κ2) is 5.89. The SMILES string of the molecule is CCOC1CC(Nc2nccc(C(=O)OC)c2N)C1(C)C. The van der Waals surface area contributed by atoms with E-state index in [-0.39, 0.29) is 17.6 Å². The number of hydrogen-bond donors (Lipinski definition) is 2. The predicted molar refractivity (Wildman–Crippen MR) is 81.2 cm³/mol. The lowest BCUT2D eigenvalue weighted by Crippen LogP contribution is -2.58. The van der Waals surface area contributed by atoms with E-state index in [1.165, 1.54) is 7.11 Å². The summed E-state index contributed by atoms with van der Waals surface area (Å²) in [5.74, 6) is 0.0592. The molecular formula is C15H23N3O3. The van der Waals surface area contributed by atoms with Gasteiger partial charge in [-0.2, -0.15) is 0 Å². The second-order valence-corrected chi connectivity index (χ2v) is 5.81. The van der Waals surface area contributed by atoms with E-state index in [1.54, 1.807) is 12.3 Å². The molecule has 0 saturated heterocycles. The van der Waals surface area contributed by atoms with Crippen LogP contribution >= 0.6 is 0 Å². The van der Waals surface area contributed by atoms with Gasteiger partial charge < -0.3 is 20.5 Å². The van der Waals surface area contributed by atoms with Gasteiger partial charge in [0.25, 0.3) is 0 Å². The van der Waals surface area contributed by atoms with Crippen molar-refractivity contribution in [2.24, 2.45) is 5.41 Å². The van der Waals surface area contributed by atoms with Crippen LogP contribution in [0, 0.1) is 5.41 Å². The number of ether oxygens (including phenoxy) is 2. The first-order valence-corrected chi connectivity index (χ1v) is 7.12. The zero-order valence-corrected chi connectivity index (χ0v) is 13.0. The van der Waals surface area contributed by atoms with Crippen LogP contribution in [-0.2, 0) is 9.47 Å². The first kappa shape index (κ1) is 15.6. The first-order valence-electron chi connectivity index (χ1n) is 7.12. The minimum absolute atomic E-state index is 0.00853. The van der Waals surface area contributed by atoms with Gasteiger partial charge in [-0.3, -0.25) is 0 Å². The number of carbonyl (C=O) groups excluding carboxylic acids is 1. The molecule has 6 nitrogen and oxygen atoms in total. The van der Waals surface area contributed by atoms with Crippen LogP contribution in [0.3, 0.4) is 0 Å². The molecule has 0 amide bonds. The summed E-state index contributed by atoms with van der Waals surface area (Å²) >= 11 is 0. The fourth-order valence-corrected chi connectivity index (χ4v) is 2.66. The molecular weight excluding hydrogens is 270 g/mol. The number of nitrogens with one attached hydrogen (secondary N) is 1. The molecule has 1 aromatic rings. The van der Waals surface area contributed by atoms with Gasteiger partial charge in [0.15, 0.2) is 0 Å². The van der Waals surface area contributed by atoms with Crippen molar-refractivity contribution < 1.29 is 14.3 Å². The summed E-state index contributed by atoms with van der Waals surface area (Å²) in [7, 11) is 1.33. The van der Waals surface area contributed by atoms with Crippen molar-refractivity contribution in [3.05, 3.63) is 17.8 Å². The van der Waals surface area contributed by atoms with E-state index in [4.69, 9.17) is 15.2 Å². The van der Waals surface area contributed by atoms with Crippen LogP contribution in [0.1, 0.15) is 37.6 Å². The van der Waals surface area contributed by atoms with Crippen LogP contribution in [-0.4, -0.2) is 36.8 Å². The molecule has 116 valence electrons. The van der Waals surface area contributed by atoms with Crippen molar-refractivity contribution in [3.8, 4) is 0 Å². The van der Waals surface area contributed by atoms with Crippen LogP contribution in [0.2, 0.25) is 0 Å². The van der Waals surface area contributed by atoms with Crippen molar-refractivity contribution in [2.75, 3.05) is 24.8 Å². The molecule has 2 atom stereocenters. The molecule has 0 aliphatic heterocycles. The Morgan fingerprint density at radius 1 is 1.57 bits per heavy atom. The maximum atomic E-state index is 11.6. The highest BCUT2D eigenvalue weighted by Crippen LogP contribution is 2.44. The molecule has 6 heteroatoms. The van der Waals surface area contributed by atoms with E-state index in [1.807, 2.05) is 6.92 Å². The third kappa shape index (κ3) is 2.81. The summed E-state index contributed by atoms with van der Waals surface area (Å²) in [5.41, 5.74) is 6.65. The maximum Gasteiger partial charge on any atom is 0.340 e. The van der Waals surface area contributed by atoms with E-state index >= 15 is 0 Å². The van der Waals surface area contributed by atoms with Gasteiger partial charge in [0.2, 0.25) is 0 Å². The second-order valence-electron chi connectivity index (χ2n) is 5.81. The number of nitrogens with zero attached hydrogens (tertiary/aromatic N) is 1. The maximum absolute atomic E-state index is 11.6. The molecule has 1 heterocycles. The lowest BCUT2D eigenvalue weighted by molar-refractivity contribution is -0.0976. The van der Waals surface area contributed by atoms with Crippen LogP contribution in [0.4, 0.5) is 11.5 Å². The van der Waals surface area contributed by atoms with Crippen molar-refractivity contribution in [2.45, 2.75) is 39.3 Å². The quantitative estimate of drug-likeness (QED) is 0.808. The van der Waals surface area contributed by atoms with Gasteiger partial charge >= 0.3 is 5.97 Å². The number of esters is 1. The molecule has 1 aliphatic carbocycles. The fourth-order valence-electron chi connectivity index (χ4n) is 2.66. The lowest BCUT2D eigenvalue weighted by Gasteiger charge is -2.51. The fraction of sp³-hybridized carbons (Fsp3) is 0.600. The van der Waals surface area contributed by atoms with Crippen LogP contribution in [0.25, 0.3) is 0 Å². The summed E-state index contributed by atoms with van der Waals surface area (Å²) in [5, 5.41) is 3.32. The summed E-state index contributed by atoms with van der Waals surface area (Å²) in [6.45, 7) is 7.00. The number of pyridine rings is 1. The largest absolute Gasteiger partial charge is 0.465 e. The molecule has 1 aliphatic rings. The van der Waals surface area contributed by atoms with Crippen molar-refractivity contribution >= 4 is 17.5 Å². The Hall–Kier alpha value is -1.82. The number of anilines is 2. The lowest BCUT2D eigenvalue weighted by atomic mass is 9.64. The average Bonchev–Trinajstić information content (AvgIpc) is 2.47. The monoisotopic (exact) mass is 293 g/mol. The number of nitrogen functional groups attached to an aromatic ring is 1. The van der Waals surface area contributed by atoms with Gasteiger partial charge in [-0.25, -0.2) is 9.78 Å². The van der Waals surface area contributed by atoms with Crippen molar-refractivity contribution in [1.82, 2.24) is 4.98 Å². The third-order valence-corrected chi connectivity index (χ3v) is 4.25. The van der Waals surface area contributed by atoms with Crippen LogP contribution < -0.4 is 11.1 Å². The van der Waals surface area contributed by atoms with Gasteiger partial charge in [-0.15, -0.1) is 0 Å². The van der Waals surface area contributed by atoms with Crippen molar-refractivity contribution in [1.29, 1.82) is 0 Å². The number of aromatic nitrogens is 1. The van der Waals surface area contributed by atoms with E-state index < -0.39 is 5.97 Å². The van der Waals surface area contributed by atoms with E-state index in [9.17, 15) is 4.79 Å². The summed E-state index contributed by atoms with van der Waals surface area (Å²) in [6.07, 6.45) is 2.67. The van der Waals surface area contributed by atoms with E-state index in [0.717, 1.165) is 6.42 Å². The van der Waals surface area contributed by atoms with E-state index in [2.05, 4.69) is 24.1 Å². The third-order valence-electron chi connectivity index (χ3n) is 4.25. The van der Waals surface area contributed by atoms with Gasteiger partial charge in [-0.05, 0) is 19.4 Å². The first-order chi connectivity index (χ1) is 9.91. The molecule has 1 saturated carbocycles. The molecule has 0 aromatic carbocycles. The molecule has 0 radical (unpaired) electrons. The standard InChI is InChI=1S/C15H23N3O3/c1-5-21-11-8-10(15(11,2)3)18-13-12(16)9(6-7-17-13)14(19)20-4/h6-7,10-11H,5,8,16H2,1-4H3,(H,17,18). The zero-order valence-electron chi connectivity index (χ0n) is 13.0. The minimum atomic E-state index is -0.460. The Balaban J connectivity index is 2.13. The van der Waals surface area contributed by atoms with E-state index in [0.29, 0.717) is 23.7 Å². The Labute approximate surface area is 125 Å². The highest BCUT2D eigenvalue weighted by atomic mass is 16.5. The topological polar surface area (TPSA) is 86.5 Å². The molecule has 0 spiro atoms. The molecule has 1 fully saturated rings. The highest BCUT2D eigenvalue weighted by molar-refractivity contribution is 5.97. The molecule has 21 heavy (non-hydrogen) atoms. The highest BCUT2D eigenvalue weighted by Gasteiger charge is 2.49. The number of rotatable bonds is 5.